The summed E-state index contributed by atoms with van der Waals surface area (Å²) < 4.78 is 34.2. The van der Waals surface area contributed by atoms with Gasteiger partial charge in [-0.25, -0.2) is 8.78 Å². The van der Waals surface area contributed by atoms with Crippen LogP contribution >= 0.6 is 0 Å². The molecule has 1 aromatic carbocycles. The summed E-state index contributed by atoms with van der Waals surface area (Å²) in [5, 5.41) is 25.9. The molecule has 1 unspecified atom stereocenters. The summed E-state index contributed by atoms with van der Waals surface area (Å²) in [6.45, 7) is 3.88. The predicted molar refractivity (Wildman–Crippen MR) is 94.1 cm³/mol. The number of aromatic nitrogens is 4. The van der Waals surface area contributed by atoms with Crippen molar-refractivity contribution in [2.24, 2.45) is 5.41 Å². The molecule has 2 bridgehead atoms. The van der Waals surface area contributed by atoms with E-state index in [1.165, 1.54) is 18.2 Å². The van der Waals surface area contributed by atoms with Gasteiger partial charge in [-0.3, -0.25) is 0 Å². The Labute approximate surface area is 159 Å². The lowest BCUT2D eigenvalue weighted by Gasteiger charge is -2.34. The topological polar surface area (TPSA) is 84.9 Å². The Morgan fingerprint density at radius 3 is 2.57 bits per heavy atom. The standard InChI is InChI=1S/C20H18F2N4O2/c1-19(2)11-6-7-20(19,18-26-24-15(9-27)28-18)17-10(11)8-14(23-25-17)16-12(21)4-3-5-13(16)22/h3-5,8,11,27H,6-7,9H2,1-2H3/t11?,20-/m1/s1. The number of aliphatic hydroxyl groups is 1. The lowest BCUT2D eigenvalue weighted by molar-refractivity contribution is 0.188. The van der Waals surface area contributed by atoms with E-state index < -0.39 is 17.0 Å². The van der Waals surface area contributed by atoms with Gasteiger partial charge in [-0.15, -0.1) is 15.3 Å². The third-order valence-corrected chi connectivity index (χ3v) is 6.57. The Kier molecular flexibility index (Phi) is 3.49. The molecule has 1 fully saturated rings. The molecule has 0 aliphatic heterocycles. The fourth-order valence-electron chi connectivity index (χ4n) is 5.15. The van der Waals surface area contributed by atoms with E-state index in [2.05, 4.69) is 34.2 Å². The number of benzene rings is 1. The van der Waals surface area contributed by atoms with E-state index in [0.29, 0.717) is 11.6 Å². The van der Waals surface area contributed by atoms with E-state index in [-0.39, 0.29) is 35.1 Å². The van der Waals surface area contributed by atoms with Gasteiger partial charge in [0.05, 0.1) is 22.4 Å². The molecule has 2 aliphatic carbocycles. The molecule has 1 N–H and O–H groups in total. The average Bonchev–Trinajstić information content (AvgIpc) is 3.30. The van der Waals surface area contributed by atoms with Gasteiger partial charge in [0, 0.05) is 0 Å². The molecule has 6 nitrogen and oxygen atoms in total. The summed E-state index contributed by atoms with van der Waals surface area (Å²) in [6.07, 6.45) is 1.62. The molecule has 8 heteroatoms. The zero-order valence-electron chi connectivity index (χ0n) is 15.4. The van der Waals surface area contributed by atoms with Gasteiger partial charge in [-0.2, -0.15) is 5.10 Å². The molecule has 0 amide bonds. The summed E-state index contributed by atoms with van der Waals surface area (Å²) in [4.78, 5) is 0. The van der Waals surface area contributed by atoms with Crippen LogP contribution in [0.2, 0.25) is 0 Å². The minimum absolute atomic E-state index is 0.121. The first-order valence-corrected chi connectivity index (χ1v) is 9.16. The highest BCUT2D eigenvalue weighted by Gasteiger charge is 2.67. The highest BCUT2D eigenvalue weighted by Crippen LogP contribution is 2.69. The predicted octanol–water partition coefficient (Wildman–Crippen LogP) is 3.50. The van der Waals surface area contributed by atoms with Crippen molar-refractivity contribution in [2.75, 3.05) is 0 Å². The maximum absolute atomic E-state index is 14.2. The fraction of sp³-hybridized carbons (Fsp3) is 0.400. The first-order valence-electron chi connectivity index (χ1n) is 9.16. The largest absolute Gasteiger partial charge is 0.422 e. The third-order valence-electron chi connectivity index (χ3n) is 6.57. The second-order valence-electron chi connectivity index (χ2n) is 8.01. The maximum atomic E-state index is 14.2. The average molecular weight is 384 g/mol. The van der Waals surface area contributed by atoms with Gasteiger partial charge in [-0.1, -0.05) is 19.9 Å². The van der Waals surface area contributed by atoms with Crippen molar-refractivity contribution in [2.45, 2.75) is 44.6 Å². The van der Waals surface area contributed by atoms with Crippen molar-refractivity contribution in [1.29, 1.82) is 0 Å². The van der Waals surface area contributed by atoms with Crippen LogP contribution in [0.4, 0.5) is 8.78 Å². The molecule has 2 heterocycles. The number of hydrogen-bond acceptors (Lipinski definition) is 6. The van der Waals surface area contributed by atoms with Crippen molar-refractivity contribution in [3.63, 3.8) is 0 Å². The van der Waals surface area contributed by atoms with Crippen molar-refractivity contribution < 1.29 is 18.3 Å². The zero-order valence-corrected chi connectivity index (χ0v) is 15.4. The molecule has 3 aromatic rings. The minimum Gasteiger partial charge on any atom is -0.422 e. The summed E-state index contributed by atoms with van der Waals surface area (Å²) in [5.74, 6) is -0.667. The van der Waals surface area contributed by atoms with Gasteiger partial charge in [0.2, 0.25) is 11.8 Å². The molecule has 0 radical (unpaired) electrons. The van der Waals surface area contributed by atoms with E-state index >= 15 is 0 Å². The van der Waals surface area contributed by atoms with E-state index in [1.54, 1.807) is 6.07 Å². The van der Waals surface area contributed by atoms with Crippen LogP contribution in [-0.4, -0.2) is 25.5 Å². The Bertz CT molecular complexity index is 1080. The molecule has 144 valence electrons. The van der Waals surface area contributed by atoms with Crippen LogP contribution < -0.4 is 0 Å². The van der Waals surface area contributed by atoms with Gasteiger partial charge >= 0.3 is 0 Å². The van der Waals surface area contributed by atoms with Gasteiger partial charge < -0.3 is 9.52 Å². The van der Waals surface area contributed by atoms with Crippen LogP contribution in [0.3, 0.4) is 0 Å². The number of rotatable bonds is 3. The Hall–Kier alpha value is -2.74. The molecule has 5 rings (SSSR count). The number of nitrogens with zero attached hydrogens (tertiary/aromatic N) is 4. The first kappa shape index (κ1) is 17.4. The normalized spacial score (nSPS) is 24.5. The molecule has 2 aliphatic rings. The Balaban J connectivity index is 1.71. The van der Waals surface area contributed by atoms with Gasteiger partial charge in [0.15, 0.2) is 0 Å². The smallest absolute Gasteiger partial charge is 0.241 e. The number of aliphatic hydroxyl groups excluding tert-OH is 1. The molecule has 28 heavy (non-hydrogen) atoms. The molecular weight excluding hydrogens is 366 g/mol. The molecule has 0 spiro atoms. The fourth-order valence-corrected chi connectivity index (χ4v) is 5.15. The maximum Gasteiger partial charge on any atom is 0.241 e. The zero-order chi connectivity index (χ0) is 19.7. The van der Waals surface area contributed by atoms with Crippen molar-refractivity contribution in [1.82, 2.24) is 20.4 Å². The van der Waals surface area contributed by atoms with Crippen LogP contribution in [0.15, 0.2) is 28.7 Å². The molecular formula is C20H18F2N4O2. The van der Waals surface area contributed by atoms with Crippen LogP contribution in [-0.2, 0) is 12.0 Å². The van der Waals surface area contributed by atoms with Crippen LogP contribution in [0.5, 0.6) is 0 Å². The van der Waals surface area contributed by atoms with Crippen LogP contribution in [0, 0.1) is 17.0 Å². The lowest BCUT2D eigenvalue weighted by atomic mass is 9.68. The monoisotopic (exact) mass is 384 g/mol. The summed E-state index contributed by atoms with van der Waals surface area (Å²) >= 11 is 0. The van der Waals surface area contributed by atoms with Crippen molar-refractivity contribution in [3.05, 3.63) is 58.9 Å². The van der Waals surface area contributed by atoms with Gasteiger partial charge in [0.1, 0.15) is 18.2 Å². The van der Waals surface area contributed by atoms with Gasteiger partial charge in [0.25, 0.3) is 0 Å². The first-order chi connectivity index (χ1) is 13.4. The number of hydrogen-bond donors (Lipinski definition) is 1. The molecule has 2 aromatic heterocycles. The summed E-state index contributed by atoms with van der Waals surface area (Å²) in [5.41, 5.74) is 0.694. The lowest BCUT2D eigenvalue weighted by Crippen LogP contribution is -2.37. The molecule has 1 saturated carbocycles. The third kappa shape index (κ3) is 1.98. The van der Waals surface area contributed by atoms with Crippen molar-refractivity contribution in [3.8, 4) is 11.3 Å². The van der Waals surface area contributed by atoms with E-state index in [9.17, 15) is 13.9 Å². The van der Waals surface area contributed by atoms with Crippen LogP contribution in [0.25, 0.3) is 11.3 Å². The highest BCUT2D eigenvalue weighted by molar-refractivity contribution is 5.63. The highest BCUT2D eigenvalue weighted by atomic mass is 19.1. The summed E-state index contributed by atoms with van der Waals surface area (Å²) in [6, 6.07) is 5.48. The minimum atomic E-state index is -0.670. The second-order valence-corrected chi connectivity index (χ2v) is 8.01. The Morgan fingerprint density at radius 2 is 1.89 bits per heavy atom. The quantitative estimate of drug-likeness (QED) is 0.744. The van der Waals surface area contributed by atoms with Gasteiger partial charge in [-0.05, 0) is 47.9 Å². The Morgan fingerprint density at radius 1 is 1.14 bits per heavy atom. The molecule has 2 atom stereocenters. The van der Waals surface area contributed by atoms with E-state index in [0.717, 1.165) is 18.4 Å². The second kappa shape index (κ2) is 5.64. The van der Waals surface area contributed by atoms with Crippen molar-refractivity contribution >= 4 is 0 Å². The number of halogens is 2. The van der Waals surface area contributed by atoms with E-state index in [4.69, 9.17) is 4.42 Å². The molecule has 0 saturated heterocycles. The number of fused-ring (bicyclic) bond motifs is 5. The SMILES string of the molecule is CC1(C)C2CC[C@]1(c1nnc(CO)o1)c1nnc(-c3c(F)cccc3F)cc12. The van der Waals surface area contributed by atoms with Crippen LogP contribution in [0.1, 0.15) is 55.6 Å². The van der Waals surface area contributed by atoms with E-state index in [1.807, 2.05) is 0 Å². The summed E-state index contributed by atoms with van der Waals surface area (Å²) in [7, 11) is 0.